The molecule has 2 aromatic rings. The lowest BCUT2D eigenvalue weighted by Crippen LogP contribution is -2.52. The number of fused-ring (bicyclic) bond motifs is 1. The highest BCUT2D eigenvalue weighted by Crippen LogP contribution is 2.41. The van der Waals surface area contributed by atoms with Crippen LogP contribution in [-0.4, -0.2) is 83.6 Å². The van der Waals surface area contributed by atoms with Gasteiger partial charge < -0.3 is 20.9 Å². The van der Waals surface area contributed by atoms with Crippen LogP contribution in [-0.2, 0) is 22.6 Å². The lowest BCUT2D eigenvalue weighted by Gasteiger charge is -2.39. The van der Waals surface area contributed by atoms with Gasteiger partial charge in [-0.05, 0) is 93.3 Å². The van der Waals surface area contributed by atoms with Crippen molar-refractivity contribution in [2.75, 3.05) is 47.6 Å². The first kappa shape index (κ1) is 33.4. The summed E-state index contributed by atoms with van der Waals surface area (Å²) in [4.78, 5) is 46.9. The van der Waals surface area contributed by atoms with E-state index in [2.05, 4.69) is 33.3 Å². The van der Waals surface area contributed by atoms with Gasteiger partial charge in [-0.15, -0.1) is 11.8 Å². The number of hydrogen-bond acceptors (Lipinski definition) is 7. The molecule has 46 heavy (non-hydrogen) atoms. The molecular formula is C34H44Cl2N6O3S. The maximum atomic E-state index is 14.0. The molecule has 0 aromatic heterocycles. The van der Waals surface area contributed by atoms with Gasteiger partial charge in [0.1, 0.15) is 6.04 Å². The van der Waals surface area contributed by atoms with Crippen LogP contribution in [0.1, 0.15) is 62.5 Å². The van der Waals surface area contributed by atoms with E-state index in [-0.39, 0.29) is 23.9 Å². The number of imide groups is 1. The van der Waals surface area contributed by atoms with E-state index in [1.54, 1.807) is 11.8 Å². The van der Waals surface area contributed by atoms with Gasteiger partial charge in [-0.3, -0.25) is 19.4 Å². The van der Waals surface area contributed by atoms with Gasteiger partial charge in [0, 0.05) is 53.9 Å². The van der Waals surface area contributed by atoms with Crippen LogP contribution in [0.4, 0.5) is 16.2 Å². The molecule has 3 fully saturated rings. The molecule has 0 spiro atoms. The largest absolute Gasteiger partial charge is 0.365 e. The van der Waals surface area contributed by atoms with E-state index in [4.69, 9.17) is 28.9 Å². The second-order valence-corrected chi connectivity index (χ2v) is 14.6. The Labute approximate surface area is 286 Å². The van der Waals surface area contributed by atoms with Crippen molar-refractivity contribution in [3.8, 4) is 0 Å². The lowest BCUT2D eigenvalue weighted by atomic mass is 10.0. The van der Waals surface area contributed by atoms with Crippen molar-refractivity contribution in [3.63, 3.8) is 0 Å². The summed E-state index contributed by atoms with van der Waals surface area (Å²) in [7, 11) is 0. The van der Waals surface area contributed by atoms with Crippen LogP contribution in [0.25, 0.3) is 0 Å². The summed E-state index contributed by atoms with van der Waals surface area (Å²) in [5.74, 6) is 1.55. The van der Waals surface area contributed by atoms with Crippen molar-refractivity contribution in [1.82, 2.24) is 15.1 Å². The minimum atomic E-state index is -0.426. The first-order chi connectivity index (χ1) is 22.4. The van der Waals surface area contributed by atoms with Crippen molar-refractivity contribution < 1.29 is 14.4 Å². The Bertz CT molecular complexity index is 1440. The van der Waals surface area contributed by atoms with Crippen molar-refractivity contribution in [2.45, 2.75) is 82.5 Å². The number of benzene rings is 2. The van der Waals surface area contributed by atoms with Gasteiger partial charge in [-0.1, -0.05) is 41.8 Å². The van der Waals surface area contributed by atoms with Gasteiger partial charge >= 0.3 is 6.03 Å². The number of aryl methyl sites for hydroxylation is 1. The van der Waals surface area contributed by atoms with E-state index in [1.807, 2.05) is 23.1 Å². The molecule has 4 aliphatic rings. The smallest absolute Gasteiger partial charge is 0.324 e. The standard InChI is InChI=1S/C34H44Cl2N6O3S/c35-26-19-24(27(36)18-23(26)8-2-1-7-15-42-32(43)28(38-34(42)45)9-5-6-14-37)20-39-22-46-21-31(39)33(44)41-17-16-40(25-12-13-25)29-10-3-4-11-30(29)41/h3-4,10-11,18-19,25,28,31H,1-2,5-9,12-17,20-22,37H2,(H,38,45)/t28-,31-/m0/s1. The van der Waals surface area contributed by atoms with E-state index >= 15 is 0 Å². The second-order valence-electron chi connectivity index (χ2n) is 12.8. The molecule has 4 amide bonds. The first-order valence-electron chi connectivity index (χ1n) is 16.6. The number of nitrogens with zero attached hydrogens (tertiary/aromatic N) is 4. The molecule has 0 unspecified atom stereocenters. The molecule has 3 N–H and O–H groups in total. The summed E-state index contributed by atoms with van der Waals surface area (Å²) in [6, 6.07) is 11.9. The van der Waals surface area contributed by atoms with Gasteiger partial charge in [-0.2, -0.15) is 0 Å². The number of anilines is 2. The molecule has 3 aliphatic heterocycles. The maximum Gasteiger partial charge on any atom is 0.324 e. The molecule has 248 valence electrons. The summed E-state index contributed by atoms with van der Waals surface area (Å²) >= 11 is 15.3. The van der Waals surface area contributed by atoms with E-state index in [9.17, 15) is 14.4 Å². The Morgan fingerprint density at radius 1 is 0.957 bits per heavy atom. The number of nitrogens with one attached hydrogen (secondary N) is 1. The molecule has 2 atom stereocenters. The van der Waals surface area contributed by atoms with E-state index in [0.29, 0.717) is 48.7 Å². The molecule has 2 aromatic carbocycles. The molecule has 6 rings (SSSR count). The number of hydrogen-bond donors (Lipinski definition) is 2. The van der Waals surface area contributed by atoms with Crippen LogP contribution in [0, 0.1) is 0 Å². The summed E-state index contributed by atoms with van der Waals surface area (Å²) in [5, 5.41) is 4.13. The van der Waals surface area contributed by atoms with Crippen molar-refractivity contribution in [1.29, 1.82) is 0 Å². The Kier molecular flexibility index (Phi) is 11.0. The summed E-state index contributed by atoms with van der Waals surface area (Å²) in [6.07, 6.45) is 7.99. The highest BCUT2D eigenvalue weighted by atomic mass is 35.5. The van der Waals surface area contributed by atoms with Crippen LogP contribution in [0.15, 0.2) is 36.4 Å². The normalized spacial score (nSPS) is 21.7. The maximum absolute atomic E-state index is 14.0. The third-order valence-corrected chi connectivity index (χ3v) is 11.3. The number of urea groups is 1. The van der Waals surface area contributed by atoms with Gasteiger partial charge in [0.15, 0.2) is 0 Å². The third-order valence-electron chi connectivity index (χ3n) is 9.53. The number of nitrogens with two attached hydrogens (primary N) is 1. The summed E-state index contributed by atoms with van der Waals surface area (Å²) < 4.78 is 0. The quantitative estimate of drug-likeness (QED) is 0.196. The zero-order valence-corrected chi connectivity index (χ0v) is 28.6. The SMILES string of the molecule is NCCCC[C@@H]1NC(=O)N(CCCCCc2cc(Cl)c(CN3CSC[C@H]3C(=O)N3CCN(C4CC4)c4ccccc43)cc2Cl)C1=O. The molecule has 0 radical (unpaired) electrons. The van der Waals surface area contributed by atoms with Crippen molar-refractivity contribution >= 4 is 64.2 Å². The van der Waals surface area contributed by atoms with Crippen LogP contribution in [0.5, 0.6) is 0 Å². The average molecular weight is 688 g/mol. The third kappa shape index (κ3) is 7.46. The summed E-state index contributed by atoms with van der Waals surface area (Å²) in [6.45, 7) is 3.15. The lowest BCUT2D eigenvalue weighted by molar-refractivity contribution is -0.127. The van der Waals surface area contributed by atoms with Crippen molar-refractivity contribution in [2.24, 2.45) is 5.73 Å². The van der Waals surface area contributed by atoms with Gasteiger partial charge in [0.2, 0.25) is 5.91 Å². The highest BCUT2D eigenvalue weighted by molar-refractivity contribution is 7.99. The fourth-order valence-electron chi connectivity index (χ4n) is 6.82. The first-order valence-corrected chi connectivity index (χ1v) is 18.5. The number of rotatable bonds is 14. The molecule has 12 heteroatoms. The minimum Gasteiger partial charge on any atom is -0.365 e. The minimum absolute atomic E-state index is 0.131. The number of carbonyl (C=O) groups is 3. The number of thioether (sulfide) groups is 1. The zero-order valence-electron chi connectivity index (χ0n) is 26.3. The van der Waals surface area contributed by atoms with E-state index in [1.165, 1.54) is 23.4 Å². The van der Waals surface area contributed by atoms with E-state index in [0.717, 1.165) is 73.5 Å². The van der Waals surface area contributed by atoms with Crippen LogP contribution >= 0.6 is 35.0 Å². The molecule has 9 nitrogen and oxygen atoms in total. The fraction of sp³-hybridized carbons (Fsp3) is 0.559. The van der Waals surface area contributed by atoms with Gasteiger partial charge in [0.05, 0.1) is 17.4 Å². The molecule has 0 bridgehead atoms. The Morgan fingerprint density at radius 2 is 1.72 bits per heavy atom. The number of para-hydroxylation sites is 2. The van der Waals surface area contributed by atoms with Crippen LogP contribution < -0.4 is 20.9 Å². The predicted octanol–water partition coefficient (Wildman–Crippen LogP) is 5.65. The molecule has 1 aliphatic carbocycles. The Balaban J connectivity index is 1.00. The van der Waals surface area contributed by atoms with Crippen LogP contribution in [0.2, 0.25) is 10.0 Å². The number of carbonyl (C=O) groups excluding carboxylic acids is 3. The zero-order chi connectivity index (χ0) is 32.2. The molecule has 2 saturated heterocycles. The second kappa shape index (κ2) is 15.2. The fourth-order valence-corrected chi connectivity index (χ4v) is 8.53. The number of halogens is 2. The Morgan fingerprint density at radius 3 is 2.50 bits per heavy atom. The molecular weight excluding hydrogens is 643 g/mol. The monoisotopic (exact) mass is 686 g/mol. The van der Waals surface area contributed by atoms with Gasteiger partial charge in [-0.25, -0.2) is 4.79 Å². The van der Waals surface area contributed by atoms with Crippen molar-refractivity contribution in [3.05, 3.63) is 57.6 Å². The topological polar surface area (TPSA) is 102 Å². The van der Waals surface area contributed by atoms with Gasteiger partial charge in [0.25, 0.3) is 5.91 Å². The highest BCUT2D eigenvalue weighted by Gasteiger charge is 2.40. The molecule has 1 saturated carbocycles. The predicted molar refractivity (Wildman–Crippen MR) is 187 cm³/mol. The number of amides is 4. The van der Waals surface area contributed by atoms with E-state index < -0.39 is 6.04 Å². The number of unbranched alkanes of at least 4 members (excludes halogenated alkanes) is 3. The average Bonchev–Trinajstić information content (AvgIpc) is 3.73. The van der Waals surface area contributed by atoms with Crippen LogP contribution in [0.3, 0.4) is 0 Å². The summed E-state index contributed by atoms with van der Waals surface area (Å²) in [5.41, 5.74) is 9.64. The Hall–Kier alpha value is -2.50. The molecule has 3 heterocycles.